The van der Waals surface area contributed by atoms with Crippen molar-refractivity contribution >= 4 is 20.5 Å². The number of likely N-dealkylation sites (tertiary alicyclic amines) is 1. The fourth-order valence-electron chi connectivity index (χ4n) is 4.53. The molecule has 1 saturated carbocycles. The van der Waals surface area contributed by atoms with Crippen LogP contribution in [0.1, 0.15) is 52.5 Å². The molecule has 3 rings (SSSR count). The highest BCUT2D eigenvalue weighted by molar-refractivity contribution is 6.74. The molecule has 1 aliphatic heterocycles. The van der Waals surface area contributed by atoms with E-state index in [2.05, 4.69) is 63.9 Å². The van der Waals surface area contributed by atoms with Gasteiger partial charge in [-0.25, -0.2) is 4.79 Å². The number of piperidine rings is 1. The van der Waals surface area contributed by atoms with Crippen LogP contribution in [0.4, 0.5) is 4.79 Å². The van der Waals surface area contributed by atoms with Crippen LogP contribution in [0.15, 0.2) is 35.9 Å². The van der Waals surface area contributed by atoms with E-state index in [0.29, 0.717) is 5.92 Å². The number of hydrogen-bond donors (Lipinski definition) is 1. The minimum absolute atomic E-state index is 0.129. The van der Waals surface area contributed by atoms with Crippen molar-refractivity contribution in [1.82, 2.24) is 9.80 Å². The summed E-state index contributed by atoms with van der Waals surface area (Å²) in [5.41, 5.74) is 2.47. The number of benzene rings is 1. The number of carboxylic acid groups (broad SMARTS) is 1. The zero-order valence-corrected chi connectivity index (χ0v) is 21.8. The van der Waals surface area contributed by atoms with Crippen LogP contribution >= 0.6 is 0 Å². The average Bonchev–Trinajstić information content (AvgIpc) is 3.49. The summed E-state index contributed by atoms with van der Waals surface area (Å²) in [5, 5.41) is 10.2. The second kappa shape index (κ2) is 10.1. The van der Waals surface area contributed by atoms with Crippen molar-refractivity contribution in [3.8, 4) is 0 Å². The molecule has 1 amide bonds. The second-order valence-electron chi connectivity index (χ2n) is 11.1. The van der Waals surface area contributed by atoms with E-state index in [4.69, 9.17) is 4.43 Å². The summed E-state index contributed by atoms with van der Waals surface area (Å²) in [6.07, 6.45) is 4.22. The van der Waals surface area contributed by atoms with E-state index in [1.54, 1.807) is 4.90 Å². The van der Waals surface area contributed by atoms with Crippen molar-refractivity contribution in [1.29, 1.82) is 0 Å². The van der Waals surface area contributed by atoms with Crippen molar-refractivity contribution in [2.24, 2.45) is 5.92 Å². The molecule has 0 unspecified atom stereocenters. The molecule has 1 aliphatic carbocycles. The van der Waals surface area contributed by atoms with E-state index < -0.39 is 14.4 Å². The average molecular weight is 459 g/mol. The van der Waals surface area contributed by atoms with Gasteiger partial charge >= 0.3 is 6.09 Å². The number of carbonyl (C=O) groups is 1. The van der Waals surface area contributed by atoms with Crippen molar-refractivity contribution in [2.45, 2.75) is 77.2 Å². The van der Waals surface area contributed by atoms with Crippen LogP contribution in [0, 0.1) is 5.92 Å². The predicted molar refractivity (Wildman–Crippen MR) is 134 cm³/mol. The maximum absolute atomic E-state index is 12.1. The molecule has 1 N–H and O–H groups in total. The Hall–Kier alpha value is -1.63. The summed E-state index contributed by atoms with van der Waals surface area (Å²) in [6.45, 7) is 17.2. The van der Waals surface area contributed by atoms with Gasteiger partial charge in [-0.3, -0.25) is 0 Å². The van der Waals surface area contributed by atoms with Gasteiger partial charge in [0.2, 0.25) is 0 Å². The molecule has 1 aromatic carbocycles. The molecule has 5 nitrogen and oxygen atoms in total. The lowest BCUT2D eigenvalue weighted by atomic mass is 10.0. The van der Waals surface area contributed by atoms with Gasteiger partial charge in [-0.05, 0) is 49.9 Å². The monoisotopic (exact) mass is 458 g/mol. The maximum Gasteiger partial charge on any atom is 0.407 e. The maximum atomic E-state index is 12.1. The number of nitrogens with zero attached hydrogens (tertiary/aromatic N) is 2. The zero-order valence-electron chi connectivity index (χ0n) is 20.8. The molecular formula is C26H42N2O3Si. The van der Waals surface area contributed by atoms with Crippen LogP contribution in [0.5, 0.6) is 0 Å². The van der Waals surface area contributed by atoms with Crippen LogP contribution in [0.2, 0.25) is 18.1 Å². The summed E-state index contributed by atoms with van der Waals surface area (Å²) < 4.78 is 6.33. The molecule has 1 saturated heterocycles. The lowest BCUT2D eigenvalue weighted by Crippen LogP contribution is -2.49. The molecule has 0 bridgehead atoms. The van der Waals surface area contributed by atoms with Gasteiger partial charge in [0, 0.05) is 44.2 Å². The van der Waals surface area contributed by atoms with Gasteiger partial charge in [0.1, 0.15) is 0 Å². The van der Waals surface area contributed by atoms with E-state index in [9.17, 15) is 9.90 Å². The third-order valence-electron chi connectivity index (χ3n) is 7.74. The summed E-state index contributed by atoms with van der Waals surface area (Å²) >= 11 is 0. The Balaban J connectivity index is 1.49. The van der Waals surface area contributed by atoms with Crippen molar-refractivity contribution in [3.05, 3.63) is 41.5 Å². The molecule has 2 aliphatic rings. The Morgan fingerprint density at radius 1 is 1.22 bits per heavy atom. The second-order valence-corrected chi connectivity index (χ2v) is 15.9. The van der Waals surface area contributed by atoms with E-state index in [-0.39, 0.29) is 17.1 Å². The first kappa shape index (κ1) is 25.0. The number of amides is 1. The summed E-state index contributed by atoms with van der Waals surface area (Å²) in [7, 11) is -1.71. The van der Waals surface area contributed by atoms with Crippen LogP contribution in [-0.2, 0) is 4.43 Å². The van der Waals surface area contributed by atoms with Gasteiger partial charge in [-0.15, -0.1) is 0 Å². The first-order valence-electron chi connectivity index (χ1n) is 12.1. The van der Waals surface area contributed by atoms with Crippen LogP contribution in [-0.4, -0.2) is 67.6 Å². The number of rotatable bonds is 8. The fraction of sp³-hybridized carbons (Fsp3) is 0.654. The van der Waals surface area contributed by atoms with Crippen LogP contribution in [0.3, 0.4) is 0 Å². The van der Waals surface area contributed by atoms with Gasteiger partial charge < -0.3 is 19.3 Å². The van der Waals surface area contributed by atoms with Crippen molar-refractivity contribution in [3.63, 3.8) is 0 Å². The molecular weight excluding hydrogens is 416 g/mol. The van der Waals surface area contributed by atoms with E-state index >= 15 is 0 Å². The normalized spacial score (nSPS) is 23.2. The van der Waals surface area contributed by atoms with E-state index in [1.807, 2.05) is 18.2 Å². The molecule has 0 aromatic heterocycles. The standard InChI is InChI=1S/C26H42N2O3Si/c1-20(18-21-10-8-7-9-11-21)23-19-24(23)28(25(29)30)22-12-14-27(15-13-22)16-17-31-32(5,6)26(2,3)4/h7-11,18,22-24H,12-17,19H2,1-6H3,(H,29,30)/b20-18+/t23-,24+/m0/s1. The fourth-order valence-corrected chi connectivity index (χ4v) is 5.57. The Labute approximate surface area is 195 Å². The molecule has 178 valence electrons. The van der Waals surface area contributed by atoms with Gasteiger partial charge in [-0.2, -0.15) is 0 Å². The molecule has 1 heterocycles. The predicted octanol–water partition coefficient (Wildman–Crippen LogP) is 5.94. The summed E-state index contributed by atoms with van der Waals surface area (Å²) in [5.74, 6) is 0.349. The summed E-state index contributed by atoms with van der Waals surface area (Å²) in [6, 6.07) is 10.6. The van der Waals surface area contributed by atoms with Gasteiger partial charge in [0.05, 0.1) is 0 Å². The highest BCUT2D eigenvalue weighted by Gasteiger charge is 2.47. The largest absolute Gasteiger partial charge is 0.465 e. The highest BCUT2D eigenvalue weighted by atomic mass is 28.4. The number of hydrogen-bond acceptors (Lipinski definition) is 3. The minimum Gasteiger partial charge on any atom is -0.465 e. The van der Waals surface area contributed by atoms with Crippen molar-refractivity contribution in [2.75, 3.05) is 26.2 Å². The third kappa shape index (κ3) is 6.24. The SMILES string of the molecule is C/C(=C\c1ccccc1)[C@@H]1C[C@H]1N(C(=O)O)C1CCN(CCO[Si](C)(C)C(C)(C)C)CC1. The summed E-state index contributed by atoms with van der Waals surface area (Å²) in [4.78, 5) is 16.4. The van der Waals surface area contributed by atoms with E-state index in [0.717, 1.165) is 45.5 Å². The Morgan fingerprint density at radius 3 is 2.41 bits per heavy atom. The van der Waals surface area contributed by atoms with Crippen molar-refractivity contribution < 1.29 is 14.3 Å². The van der Waals surface area contributed by atoms with Crippen LogP contribution in [0.25, 0.3) is 6.08 Å². The molecule has 2 atom stereocenters. The first-order chi connectivity index (χ1) is 15.0. The minimum atomic E-state index is -1.71. The lowest BCUT2D eigenvalue weighted by Gasteiger charge is -2.39. The molecule has 32 heavy (non-hydrogen) atoms. The quantitative estimate of drug-likeness (QED) is 0.490. The Bertz CT molecular complexity index is 795. The molecule has 0 radical (unpaired) electrons. The molecule has 1 aromatic rings. The Morgan fingerprint density at radius 2 is 1.84 bits per heavy atom. The van der Waals surface area contributed by atoms with E-state index in [1.165, 1.54) is 11.1 Å². The first-order valence-corrected chi connectivity index (χ1v) is 15.0. The third-order valence-corrected chi connectivity index (χ3v) is 12.3. The van der Waals surface area contributed by atoms with Gasteiger partial charge in [0.25, 0.3) is 0 Å². The molecule has 0 spiro atoms. The highest BCUT2D eigenvalue weighted by Crippen LogP contribution is 2.44. The molecule has 6 heteroatoms. The van der Waals surface area contributed by atoms with Gasteiger partial charge in [-0.1, -0.05) is 62.8 Å². The topological polar surface area (TPSA) is 53.0 Å². The smallest absolute Gasteiger partial charge is 0.407 e. The lowest BCUT2D eigenvalue weighted by molar-refractivity contribution is 0.0794. The van der Waals surface area contributed by atoms with Gasteiger partial charge in [0.15, 0.2) is 8.32 Å². The zero-order chi connectivity index (χ0) is 23.5. The van der Waals surface area contributed by atoms with Crippen LogP contribution < -0.4 is 0 Å². The molecule has 2 fully saturated rings. The Kier molecular flexibility index (Phi) is 7.89.